The van der Waals surface area contributed by atoms with E-state index in [2.05, 4.69) is 20.4 Å². The predicted molar refractivity (Wildman–Crippen MR) is 68.5 cm³/mol. The first kappa shape index (κ1) is 12.6. The second-order valence-corrected chi connectivity index (χ2v) is 4.67. The van der Waals surface area contributed by atoms with Crippen LogP contribution < -0.4 is 15.8 Å². The van der Waals surface area contributed by atoms with Crippen molar-refractivity contribution >= 4 is 11.6 Å². The normalized spacial score (nSPS) is 16.6. The van der Waals surface area contributed by atoms with Crippen LogP contribution in [0.15, 0.2) is 17.1 Å². The first-order valence-corrected chi connectivity index (χ1v) is 6.19. The number of aromatic nitrogens is 2. The van der Waals surface area contributed by atoms with Crippen LogP contribution in [0.2, 0.25) is 0 Å². The summed E-state index contributed by atoms with van der Waals surface area (Å²) in [5.41, 5.74) is 0.699. The molecule has 0 unspecified atom stereocenters. The molecule has 0 aliphatic carbocycles. The molecule has 18 heavy (non-hydrogen) atoms. The average Bonchev–Trinajstić information content (AvgIpc) is 2.37. The molecule has 2 heterocycles. The molecule has 2 rings (SSSR count). The summed E-state index contributed by atoms with van der Waals surface area (Å²) in [6.07, 6.45) is 3.72. The molecule has 1 aromatic heterocycles. The smallest absolute Gasteiger partial charge is 0.266 e. The van der Waals surface area contributed by atoms with Gasteiger partial charge in [0.1, 0.15) is 0 Å². The topological polar surface area (TPSA) is 78.1 Å². The SMILES string of the molecule is CC(=O)NCC1CCN(c2cn[nH]c(=O)c2)CC1. The van der Waals surface area contributed by atoms with E-state index in [0.29, 0.717) is 5.92 Å². The van der Waals surface area contributed by atoms with E-state index in [1.54, 1.807) is 12.3 Å². The molecule has 6 heteroatoms. The summed E-state index contributed by atoms with van der Waals surface area (Å²) < 4.78 is 0. The number of nitrogens with one attached hydrogen (secondary N) is 2. The summed E-state index contributed by atoms with van der Waals surface area (Å²) in [5.74, 6) is 0.552. The fraction of sp³-hybridized carbons (Fsp3) is 0.583. The van der Waals surface area contributed by atoms with Gasteiger partial charge in [-0.15, -0.1) is 0 Å². The van der Waals surface area contributed by atoms with Gasteiger partial charge in [-0.3, -0.25) is 9.59 Å². The van der Waals surface area contributed by atoms with Crippen LogP contribution in [0.1, 0.15) is 19.8 Å². The number of H-pyrrole nitrogens is 1. The Bertz CT molecular complexity index is 463. The number of hydrogen-bond acceptors (Lipinski definition) is 4. The lowest BCUT2D eigenvalue weighted by atomic mass is 9.96. The first-order chi connectivity index (χ1) is 8.65. The third-order valence-corrected chi connectivity index (χ3v) is 3.27. The molecule has 1 aliphatic rings. The second-order valence-electron chi connectivity index (χ2n) is 4.67. The molecule has 0 atom stereocenters. The number of carbonyl (C=O) groups excluding carboxylic acids is 1. The van der Waals surface area contributed by atoms with Crippen molar-refractivity contribution in [3.8, 4) is 0 Å². The highest BCUT2D eigenvalue weighted by molar-refractivity contribution is 5.72. The maximum atomic E-state index is 11.2. The van der Waals surface area contributed by atoms with E-state index in [1.807, 2.05) is 0 Å². The Morgan fingerprint density at radius 3 is 2.89 bits per heavy atom. The molecule has 2 N–H and O–H groups in total. The first-order valence-electron chi connectivity index (χ1n) is 6.19. The molecular weight excluding hydrogens is 232 g/mol. The van der Waals surface area contributed by atoms with Crippen molar-refractivity contribution in [2.24, 2.45) is 5.92 Å². The van der Waals surface area contributed by atoms with E-state index in [-0.39, 0.29) is 11.5 Å². The lowest BCUT2D eigenvalue weighted by Gasteiger charge is -2.33. The van der Waals surface area contributed by atoms with Gasteiger partial charge in [-0.2, -0.15) is 5.10 Å². The number of anilines is 1. The van der Waals surface area contributed by atoms with E-state index in [4.69, 9.17) is 0 Å². The lowest BCUT2D eigenvalue weighted by molar-refractivity contribution is -0.119. The van der Waals surface area contributed by atoms with Gasteiger partial charge in [0.25, 0.3) is 5.56 Å². The molecule has 0 radical (unpaired) electrons. The Balaban J connectivity index is 1.86. The summed E-state index contributed by atoms with van der Waals surface area (Å²) in [6, 6.07) is 1.57. The summed E-state index contributed by atoms with van der Waals surface area (Å²) in [5, 5.41) is 9.03. The Morgan fingerprint density at radius 1 is 1.56 bits per heavy atom. The number of aromatic amines is 1. The van der Waals surface area contributed by atoms with Crippen molar-refractivity contribution in [2.45, 2.75) is 19.8 Å². The molecule has 0 saturated carbocycles. The molecule has 1 aliphatic heterocycles. The second kappa shape index (κ2) is 5.66. The lowest BCUT2D eigenvalue weighted by Crippen LogP contribution is -2.38. The van der Waals surface area contributed by atoms with E-state index >= 15 is 0 Å². The molecule has 1 saturated heterocycles. The number of hydrogen-bond donors (Lipinski definition) is 2. The Hall–Kier alpha value is -1.85. The summed E-state index contributed by atoms with van der Waals surface area (Å²) in [7, 11) is 0. The minimum absolute atomic E-state index is 0.0243. The zero-order chi connectivity index (χ0) is 13.0. The van der Waals surface area contributed by atoms with Crippen LogP contribution in [0.25, 0.3) is 0 Å². The molecule has 0 bridgehead atoms. The Morgan fingerprint density at radius 2 is 2.28 bits per heavy atom. The van der Waals surface area contributed by atoms with E-state index in [9.17, 15) is 9.59 Å². The van der Waals surface area contributed by atoms with Crippen molar-refractivity contribution in [1.29, 1.82) is 0 Å². The monoisotopic (exact) mass is 250 g/mol. The molecule has 1 amide bonds. The van der Waals surface area contributed by atoms with Crippen LogP contribution in [-0.4, -0.2) is 35.7 Å². The largest absolute Gasteiger partial charge is 0.370 e. The maximum absolute atomic E-state index is 11.2. The van der Waals surface area contributed by atoms with Crippen molar-refractivity contribution in [3.63, 3.8) is 0 Å². The minimum Gasteiger partial charge on any atom is -0.370 e. The van der Waals surface area contributed by atoms with Gasteiger partial charge in [0.15, 0.2) is 0 Å². The van der Waals surface area contributed by atoms with Crippen molar-refractivity contribution in [1.82, 2.24) is 15.5 Å². The van der Waals surface area contributed by atoms with Gasteiger partial charge >= 0.3 is 0 Å². The van der Waals surface area contributed by atoms with Crippen LogP contribution in [-0.2, 0) is 4.79 Å². The van der Waals surface area contributed by atoms with Gasteiger partial charge in [-0.1, -0.05) is 0 Å². The molecule has 0 aromatic carbocycles. The van der Waals surface area contributed by atoms with Crippen LogP contribution >= 0.6 is 0 Å². The Labute approximate surface area is 105 Å². The zero-order valence-electron chi connectivity index (χ0n) is 10.5. The summed E-state index contributed by atoms with van der Waals surface area (Å²) >= 11 is 0. The molecule has 1 fully saturated rings. The van der Waals surface area contributed by atoms with Crippen molar-refractivity contribution in [2.75, 3.05) is 24.5 Å². The highest BCUT2D eigenvalue weighted by Gasteiger charge is 2.19. The highest BCUT2D eigenvalue weighted by Crippen LogP contribution is 2.20. The van der Waals surface area contributed by atoms with Crippen LogP contribution in [0, 0.1) is 5.92 Å². The van der Waals surface area contributed by atoms with Gasteiger partial charge in [0.2, 0.25) is 5.91 Å². The number of carbonyl (C=O) groups is 1. The molecular formula is C12H18N4O2. The van der Waals surface area contributed by atoms with Crippen LogP contribution in [0.4, 0.5) is 5.69 Å². The number of amides is 1. The van der Waals surface area contributed by atoms with Crippen LogP contribution in [0.5, 0.6) is 0 Å². The van der Waals surface area contributed by atoms with Gasteiger partial charge in [-0.25, -0.2) is 5.10 Å². The predicted octanol–water partition coefficient (Wildman–Crippen LogP) is 0.122. The number of rotatable bonds is 3. The van der Waals surface area contributed by atoms with Gasteiger partial charge < -0.3 is 10.2 Å². The van der Waals surface area contributed by atoms with E-state index in [0.717, 1.165) is 38.2 Å². The van der Waals surface area contributed by atoms with Crippen molar-refractivity contribution in [3.05, 3.63) is 22.6 Å². The van der Waals surface area contributed by atoms with Gasteiger partial charge in [0, 0.05) is 32.6 Å². The summed E-state index contributed by atoms with van der Waals surface area (Å²) in [6.45, 7) is 4.08. The number of nitrogens with zero attached hydrogens (tertiary/aromatic N) is 2. The molecule has 98 valence electrons. The zero-order valence-corrected chi connectivity index (χ0v) is 10.5. The number of piperidine rings is 1. The van der Waals surface area contributed by atoms with E-state index < -0.39 is 0 Å². The van der Waals surface area contributed by atoms with Gasteiger partial charge in [-0.05, 0) is 18.8 Å². The fourth-order valence-electron chi connectivity index (χ4n) is 2.22. The van der Waals surface area contributed by atoms with Gasteiger partial charge in [0.05, 0.1) is 11.9 Å². The standard InChI is InChI=1S/C12H18N4O2/c1-9(17)13-7-10-2-4-16(5-3-10)11-6-12(18)15-14-8-11/h6,8,10H,2-5,7H2,1H3,(H,13,17)(H,15,18). The average molecular weight is 250 g/mol. The fourth-order valence-corrected chi connectivity index (χ4v) is 2.22. The molecule has 0 spiro atoms. The third kappa shape index (κ3) is 3.32. The minimum atomic E-state index is -0.173. The highest BCUT2D eigenvalue weighted by atomic mass is 16.1. The summed E-state index contributed by atoms with van der Waals surface area (Å²) in [4.78, 5) is 24.2. The molecule has 1 aromatic rings. The van der Waals surface area contributed by atoms with Crippen molar-refractivity contribution < 1.29 is 4.79 Å². The maximum Gasteiger partial charge on any atom is 0.266 e. The molecule has 6 nitrogen and oxygen atoms in total. The quantitative estimate of drug-likeness (QED) is 0.799. The Kier molecular flexibility index (Phi) is 3.96. The third-order valence-electron chi connectivity index (χ3n) is 3.27. The van der Waals surface area contributed by atoms with E-state index in [1.165, 1.54) is 6.92 Å². The van der Waals surface area contributed by atoms with Crippen LogP contribution in [0.3, 0.4) is 0 Å².